The average Bonchev–Trinajstić information content (AvgIpc) is 2.57. The van der Waals surface area contributed by atoms with E-state index in [1.807, 2.05) is 20.8 Å². The number of rotatable bonds is 3. The van der Waals surface area contributed by atoms with Crippen molar-refractivity contribution in [2.45, 2.75) is 34.1 Å². The molecule has 2 aromatic rings. The van der Waals surface area contributed by atoms with E-state index in [1.165, 1.54) is 5.56 Å². The molecule has 1 aromatic heterocycles. The van der Waals surface area contributed by atoms with E-state index in [-0.39, 0.29) is 6.42 Å². The van der Waals surface area contributed by atoms with Gasteiger partial charge in [-0.1, -0.05) is 17.7 Å². The van der Waals surface area contributed by atoms with Crippen LogP contribution in [0.2, 0.25) is 0 Å². The minimum Gasteiger partial charge on any atom is -0.481 e. The number of aryl methyl sites for hydroxylation is 4. The van der Waals surface area contributed by atoms with Crippen LogP contribution in [0.4, 0.5) is 0 Å². The standard InChI is InChI=1S/C15H18N2O2/c1-8-5-9(2)14(10(3)6-8)15-16-11(4)12(17-15)7-13(18)19/h5-6H,7H2,1-4H3,(H,16,17)(H,18,19). The van der Waals surface area contributed by atoms with Gasteiger partial charge in [-0.25, -0.2) is 4.98 Å². The first kappa shape index (κ1) is 13.3. The molecule has 1 heterocycles. The monoisotopic (exact) mass is 258 g/mol. The summed E-state index contributed by atoms with van der Waals surface area (Å²) in [6.07, 6.45) is -0.0493. The van der Waals surface area contributed by atoms with E-state index in [0.717, 1.165) is 28.2 Å². The molecule has 0 saturated heterocycles. The first-order chi connectivity index (χ1) is 8.88. The third-order valence-electron chi connectivity index (χ3n) is 3.22. The van der Waals surface area contributed by atoms with Crippen molar-refractivity contribution in [3.8, 4) is 11.4 Å². The Morgan fingerprint density at radius 1 is 1.21 bits per heavy atom. The molecule has 0 bridgehead atoms. The van der Waals surface area contributed by atoms with Gasteiger partial charge in [0.25, 0.3) is 0 Å². The first-order valence-electron chi connectivity index (χ1n) is 6.24. The fourth-order valence-electron chi connectivity index (χ4n) is 2.48. The van der Waals surface area contributed by atoms with Crippen molar-refractivity contribution in [1.82, 2.24) is 9.97 Å². The number of benzene rings is 1. The smallest absolute Gasteiger partial charge is 0.309 e. The zero-order valence-corrected chi connectivity index (χ0v) is 11.7. The van der Waals surface area contributed by atoms with Gasteiger partial charge < -0.3 is 10.1 Å². The number of aliphatic carboxylic acids is 1. The molecule has 19 heavy (non-hydrogen) atoms. The highest BCUT2D eigenvalue weighted by Crippen LogP contribution is 2.27. The lowest BCUT2D eigenvalue weighted by Gasteiger charge is -2.08. The second-order valence-corrected chi connectivity index (χ2v) is 5.00. The third kappa shape index (κ3) is 2.67. The Morgan fingerprint density at radius 3 is 2.32 bits per heavy atom. The summed E-state index contributed by atoms with van der Waals surface area (Å²) in [5.74, 6) is -0.109. The maximum absolute atomic E-state index is 10.8. The number of hydrogen-bond donors (Lipinski definition) is 2. The van der Waals surface area contributed by atoms with Crippen LogP contribution in [0.5, 0.6) is 0 Å². The molecule has 0 unspecified atom stereocenters. The summed E-state index contributed by atoms with van der Waals surface area (Å²) in [6.45, 7) is 8.01. The number of carboxylic acids is 1. The van der Waals surface area contributed by atoms with Crippen LogP contribution in [0, 0.1) is 27.7 Å². The number of aromatic amines is 1. The fraction of sp³-hybridized carbons (Fsp3) is 0.333. The largest absolute Gasteiger partial charge is 0.481 e. The van der Waals surface area contributed by atoms with E-state index in [0.29, 0.717) is 5.69 Å². The molecule has 0 aliphatic heterocycles. The molecule has 0 atom stereocenters. The van der Waals surface area contributed by atoms with Gasteiger partial charge >= 0.3 is 5.97 Å². The number of H-pyrrole nitrogens is 1. The molecular weight excluding hydrogens is 240 g/mol. The molecule has 1 aromatic carbocycles. The summed E-state index contributed by atoms with van der Waals surface area (Å²) in [5, 5.41) is 8.86. The molecule has 4 heteroatoms. The maximum Gasteiger partial charge on any atom is 0.309 e. The summed E-state index contributed by atoms with van der Waals surface area (Å²) < 4.78 is 0. The van der Waals surface area contributed by atoms with Gasteiger partial charge in [-0.15, -0.1) is 0 Å². The molecule has 100 valence electrons. The minimum absolute atomic E-state index is 0.0493. The van der Waals surface area contributed by atoms with Crippen molar-refractivity contribution in [3.05, 3.63) is 40.2 Å². The van der Waals surface area contributed by atoms with Crippen molar-refractivity contribution >= 4 is 5.97 Å². The number of hydrogen-bond acceptors (Lipinski definition) is 2. The summed E-state index contributed by atoms with van der Waals surface area (Å²) >= 11 is 0. The fourth-order valence-corrected chi connectivity index (χ4v) is 2.48. The van der Waals surface area contributed by atoms with E-state index in [2.05, 4.69) is 29.0 Å². The van der Waals surface area contributed by atoms with Crippen LogP contribution in [0.25, 0.3) is 11.4 Å². The summed E-state index contributed by atoms with van der Waals surface area (Å²) in [5.41, 5.74) is 5.98. The Morgan fingerprint density at radius 2 is 1.79 bits per heavy atom. The molecule has 0 amide bonds. The predicted molar refractivity (Wildman–Crippen MR) is 74.3 cm³/mol. The van der Waals surface area contributed by atoms with E-state index >= 15 is 0 Å². The van der Waals surface area contributed by atoms with E-state index < -0.39 is 5.97 Å². The molecule has 0 aliphatic rings. The molecule has 2 N–H and O–H groups in total. The highest BCUT2D eigenvalue weighted by Gasteiger charge is 2.14. The average molecular weight is 258 g/mol. The van der Waals surface area contributed by atoms with Crippen LogP contribution < -0.4 is 0 Å². The van der Waals surface area contributed by atoms with E-state index in [1.54, 1.807) is 0 Å². The lowest BCUT2D eigenvalue weighted by atomic mass is 9.99. The zero-order valence-electron chi connectivity index (χ0n) is 11.7. The molecule has 2 rings (SSSR count). The summed E-state index contributed by atoms with van der Waals surface area (Å²) in [7, 11) is 0. The van der Waals surface area contributed by atoms with Crippen LogP contribution in [0.1, 0.15) is 28.1 Å². The number of carbonyl (C=O) groups is 1. The van der Waals surface area contributed by atoms with Gasteiger partial charge in [-0.2, -0.15) is 0 Å². The zero-order chi connectivity index (χ0) is 14.2. The van der Waals surface area contributed by atoms with E-state index in [9.17, 15) is 4.79 Å². The highest BCUT2D eigenvalue weighted by atomic mass is 16.4. The van der Waals surface area contributed by atoms with Crippen molar-refractivity contribution in [3.63, 3.8) is 0 Å². The normalized spacial score (nSPS) is 10.7. The van der Waals surface area contributed by atoms with E-state index in [4.69, 9.17) is 5.11 Å². The number of nitrogens with one attached hydrogen (secondary N) is 1. The number of carboxylic acid groups (broad SMARTS) is 1. The molecule has 4 nitrogen and oxygen atoms in total. The Balaban J connectivity index is 2.51. The van der Waals surface area contributed by atoms with Gasteiger partial charge in [0.1, 0.15) is 5.82 Å². The highest BCUT2D eigenvalue weighted by molar-refractivity contribution is 5.71. The molecule has 0 saturated carbocycles. The van der Waals surface area contributed by atoms with Crippen LogP contribution in [0.3, 0.4) is 0 Å². The predicted octanol–water partition coefficient (Wildman–Crippen LogP) is 2.94. The van der Waals surface area contributed by atoms with Crippen molar-refractivity contribution in [1.29, 1.82) is 0 Å². The van der Waals surface area contributed by atoms with Crippen LogP contribution in [0.15, 0.2) is 12.1 Å². The second kappa shape index (κ2) is 4.88. The van der Waals surface area contributed by atoms with Crippen molar-refractivity contribution < 1.29 is 9.90 Å². The van der Waals surface area contributed by atoms with Crippen molar-refractivity contribution in [2.75, 3.05) is 0 Å². The van der Waals surface area contributed by atoms with Crippen LogP contribution in [-0.2, 0) is 11.2 Å². The molecule has 0 radical (unpaired) electrons. The number of nitrogens with zero attached hydrogens (tertiary/aromatic N) is 1. The Kier molecular flexibility index (Phi) is 3.42. The summed E-state index contributed by atoms with van der Waals surface area (Å²) in [4.78, 5) is 18.4. The molecule has 0 fully saturated rings. The summed E-state index contributed by atoms with van der Waals surface area (Å²) in [6, 6.07) is 4.22. The Bertz CT molecular complexity index is 619. The van der Waals surface area contributed by atoms with Gasteiger partial charge in [0.05, 0.1) is 12.1 Å². The second-order valence-electron chi connectivity index (χ2n) is 5.00. The van der Waals surface area contributed by atoms with Gasteiger partial charge in [0.15, 0.2) is 0 Å². The van der Waals surface area contributed by atoms with Crippen molar-refractivity contribution in [2.24, 2.45) is 0 Å². The lowest BCUT2D eigenvalue weighted by molar-refractivity contribution is -0.136. The lowest BCUT2D eigenvalue weighted by Crippen LogP contribution is -2.01. The SMILES string of the molecule is Cc1cc(C)c(-c2nc(CC(=O)O)c(C)[nH]2)c(C)c1. The molecule has 0 aliphatic carbocycles. The first-order valence-corrected chi connectivity index (χ1v) is 6.24. The Labute approximate surface area is 112 Å². The topological polar surface area (TPSA) is 66.0 Å². The van der Waals surface area contributed by atoms with Gasteiger partial charge in [0.2, 0.25) is 0 Å². The van der Waals surface area contributed by atoms with Crippen LogP contribution >= 0.6 is 0 Å². The number of imidazole rings is 1. The molecular formula is C15H18N2O2. The maximum atomic E-state index is 10.8. The Hall–Kier alpha value is -2.10. The van der Waals surface area contributed by atoms with Gasteiger partial charge in [-0.05, 0) is 38.8 Å². The third-order valence-corrected chi connectivity index (χ3v) is 3.22. The van der Waals surface area contributed by atoms with Crippen LogP contribution in [-0.4, -0.2) is 21.0 Å². The molecule has 0 spiro atoms. The van der Waals surface area contributed by atoms with Gasteiger partial charge in [0, 0.05) is 11.3 Å². The quantitative estimate of drug-likeness (QED) is 0.889. The number of aromatic nitrogens is 2. The van der Waals surface area contributed by atoms with Gasteiger partial charge in [-0.3, -0.25) is 4.79 Å². The minimum atomic E-state index is -0.862.